The first-order valence-corrected chi connectivity index (χ1v) is 6.41. The van der Waals surface area contributed by atoms with Crippen LogP contribution in [-0.4, -0.2) is 65.1 Å². The molecule has 0 bridgehead atoms. The van der Waals surface area contributed by atoms with Crippen LogP contribution in [0.3, 0.4) is 0 Å². The number of rotatable bonds is 5. The fourth-order valence-corrected chi connectivity index (χ4v) is 2.00. The van der Waals surface area contributed by atoms with Gasteiger partial charge in [0.15, 0.2) is 0 Å². The first-order valence-electron chi connectivity index (χ1n) is 6.41. The molecule has 0 aliphatic carbocycles. The third-order valence-electron chi connectivity index (χ3n) is 3.00. The van der Waals surface area contributed by atoms with E-state index < -0.39 is 0 Å². The van der Waals surface area contributed by atoms with Gasteiger partial charge in [0.25, 0.3) is 0 Å². The molecule has 1 aromatic heterocycles. The number of nitrogens with one attached hydrogen (secondary N) is 1. The van der Waals surface area contributed by atoms with Crippen LogP contribution in [0.4, 0.5) is 5.82 Å². The SMILES string of the molecule is N#Cc1cnn(CCO)c1NC(=O)CN1CCOCC1. The number of aliphatic hydroxyl groups is 1. The number of nitrogens with zero attached hydrogens (tertiary/aromatic N) is 4. The summed E-state index contributed by atoms with van der Waals surface area (Å²) in [6.45, 7) is 3.05. The van der Waals surface area contributed by atoms with Crippen LogP contribution in [-0.2, 0) is 16.1 Å². The van der Waals surface area contributed by atoms with Crippen molar-refractivity contribution in [1.29, 1.82) is 5.26 Å². The van der Waals surface area contributed by atoms with Crippen molar-refractivity contribution in [1.82, 2.24) is 14.7 Å². The number of carbonyl (C=O) groups is 1. The van der Waals surface area contributed by atoms with Crippen LogP contribution in [0.15, 0.2) is 6.20 Å². The summed E-state index contributed by atoms with van der Waals surface area (Å²) in [5.41, 5.74) is 0.286. The topological polar surface area (TPSA) is 103 Å². The van der Waals surface area contributed by atoms with Crippen molar-refractivity contribution in [3.8, 4) is 6.07 Å². The van der Waals surface area contributed by atoms with Crippen LogP contribution in [0.2, 0.25) is 0 Å². The number of ether oxygens (including phenoxy) is 1. The van der Waals surface area contributed by atoms with E-state index in [1.54, 1.807) is 0 Å². The maximum atomic E-state index is 12.0. The van der Waals surface area contributed by atoms with E-state index in [1.165, 1.54) is 10.9 Å². The van der Waals surface area contributed by atoms with Gasteiger partial charge in [-0.1, -0.05) is 0 Å². The molecule has 1 aromatic rings. The molecule has 1 amide bonds. The number of hydrogen-bond donors (Lipinski definition) is 2. The Morgan fingerprint density at radius 1 is 1.55 bits per heavy atom. The Balaban J connectivity index is 1.99. The maximum absolute atomic E-state index is 12.0. The third-order valence-corrected chi connectivity index (χ3v) is 3.00. The van der Waals surface area contributed by atoms with Gasteiger partial charge >= 0.3 is 0 Å². The zero-order valence-electron chi connectivity index (χ0n) is 11.1. The zero-order chi connectivity index (χ0) is 14.4. The monoisotopic (exact) mass is 279 g/mol. The molecule has 2 rings (SSSR count). The maximum Gasteiger partial charge on any atom is 0.239 e. The lowest BCUT2D eigenvalue weighted by Gasteiger charge is -2.25. The molecule has 0 spiro atoms. The van der Waals surface area contributed by atoms with Gasteiger partial charge in [0.1, 0.15) is 17.5 Å². The van der Waals surface area contributed by atoms with Crippen LogP contribution in [0.25, 0.3) is 0 Å². The summed E-state index contributed by atoms with van der Waals surface area (Å²) in [7, 11) is 0. The third kappa shape index (κ3) is 3.54. The molecule has 8 heteroatoms. The Kier molecular flexibility index (Phi) is 5.06. The van der Waals surface area contributed by atoms with E-state index in [0.717, 1.165) is 0 Å². The van der Waals surface area contributed by atoms with Crippen molar-refractivity contribution < 1.29 is 14.6 Å². The number of anilines is 1. The molecule has 1 saturated heterocycles. The zero-order valence-corrected chi connectivity index (χ0v) is 11.1. The molecule has 1 aliphatic heterocycles. The van der Waals surface area contributed by atoms with Crippen molar-refractivity contribution >= 4 is 11.7 Å². The Morgan fingerprint density at radius 2 is 2.30 bits per heavy atom. The van der Waals surface area contributed by atoms with Gasteiger partial charge in [0.05, 0.1) is 39.1 Å². The first-order chi connectivity index (χ1) is 9.74. The second kappa shape index (κ2) is 7.00. The van der Waals surface area contributed by atoms with Gasteiger partial charge in [0.2, 0.25) is 5.91 Å². The van der Waals surface area contributed by atoms with E-state index in [2.05, 4.69) is 10.4 Å². The number of amides is 1. The Bertz CT molecular complexity index is 502. The molecule has 1 aliphatic rings. The molecular formula is C12H17N5O3. The lowest BCUT2D eigenvalue weighted by Crippen LogP contribution is -2.41. The minimum Gasteiger partial charge on any atom is -0.394 e. The highest BCUT2D eigenvalue weighted by Gasteiger charge is 2.17. The van der Waals surface area contributed by atoms with Gasteiger partial charge in [-0.05, 0) is 0 Å². The van der Waals surface area contributed by atoms with Crippen molar-refractivity contribution in [2.75, 3.05) is 44.8 Å². The number of carbonyl (C=O) groups excluding carboxylic acids is 1. The van der Waals surface area contributed by atoms with Gasteiger partial charge in [0, 0.05) is 13.1 Å². The summed E-state index contributed by atoms with van der Waals surface area (Å²) in [5, 5.41) is 24.6. The fraction of sp³-hybridized carbons (Fsp3) is 0.583. The molecule has 20 heavy (non-hydrogen) atoms. The summed E-state index contributed by atoms with van der Waals surface area (Å²) in [4.78, 5) is 14.0. The molecule has 0 unspecified atom stereocenters. The van der Waals surface area contributed by atoms with Gasteiger partial charge in [-0.2, -0.15) is 10.4 Å². The average Bonchev–Trinajstić information content (AvgIpc) is 2.82. The van der Waals surface area contributed by atoms with E-state index in [-0.39, 0.29) is 31.2 Å². The van der Waals surface area contributed by atoms with Gasteiger partial charge in [-0.25, -0.2) is 4.68 Å². The Hall–Kier alpha value is -1.95. The van der Waals surface area contributed by atoms with E-state index in [9.17, 15) is 4.79 Å². The van der Waals surface area contributed by atoms with Crippen LogP contribution >= 0.6 is 0 Å². The molecule has 2 heterocycles. The Morgan fingerprint density at radius 3 is 2.95 bits per heavy atom. The van der Waals surface area contributed by atoms with Gasteiger partial charge in [-0.3, -0.25) is 9.69 Å². The fourth-order valence-electron chi connectivity index (χ4n) is 2.00. The van der Waals surface area contributed by atoms with Crippen LogP contribution in [0, 0.1) is 11.3 Å². The lowest BCUT2D eigenvalue weighted by molar-refractivity contribution is -0.118. The number of morpholine rings is 1. The predicted octanol–water partition coefficient (Wildman–Crippen LogP) is -0.982. The summed E-state index contributed by atoms with van der Waals surface area (Å²) in [5.74, 6) is 0.128. The van der Waals surface area contributed by atoms with Crippen molar-refractivity contribution in [2.24, 2.45) is 0 Å². The highest BCUT2D eigenvalue weighted by molar-refractivity contribution is 5.92. The van der Waals surface area contributed by atoms with Crippen LogP contribution in [0.5, 0.6) is 0 Å². The minimum atomic E-state index is -0.205. The van der Waals surface area contributed by atoms with E-state index >= 15 is 0 Å². The van der Waals surface area contributed by atoms with Gasteiger partial charge < -0.3 is 15.2 Å². The summed E-state index contributed by atoms with van der Waals surface area (Å²) >= 11 is 0. The quantitative estimate of drug-likeness (QED) is 0.718. The number of hydrogen-bond acceptors (Lipinski definition) is 6. The summed E-state index contributed by atoms with van der Waals surface area (Å²) in [6, 6.07) is 1.97. The second-order valence-corrected chi connectivity index (χ2v) is 4.40. The van der Waals surface area contributed by atoms with E-state index in [0.29, 0.717) is 32.1 Å². The highest BCUT2D eigenvalue weighted by atomic mass is 16.5. The summed E-state index contributed by atoms with van der Waals surface area (Å²) < 4.78 is 6.63. The first kappa shape index (κ1) is 14.5. The average molecular weight is 279 g/mol. The molecule has 0 aromatic carbocycles. The minimum absolute atomic E-state index is 0.112. The molecule has 1 fully saturated rings. The van der Waals surface area contributed by atoms with Gasteiger partial charge in [-0.15, -0.1) is 0 Å². The molecule has 0 atom stereocenters. The predicted molar refractivity (Wildman–Crippen MR) is 69.9 cm³/mol. The number of aliphatic hydroxyl groups excluding tert-OH is 1. The molecule has 0 radical (unpaired) electrons. The molecular weight excluding hydrogens is 262 g/mol. The normalized spacial score (nSPS) is 15.8. The smallest absolute Gasteiger partial charge is 0.239 e. The largest absolute Gasteiger partial charge is 0.394 e. The molecule has 0 saturated carbocycles. The Labute approximate surface area is 116 Å². The van der Waals surface area contributed by atoms with Crippen molar-refractivity contribution in [2.45, 2.75) is 6.54 Å². The number of nitriles is 1. The van der Waals surface area contributed by atoms with Crippen molar-refractivity contribution in [3.63, 3.8) is 0 Å². The highest BCUT2D eigenvalue weighted by Crippen LogP contribution is 2.14. The second-order valence-electron chi connectivity index (χ2n) is 4.40. The lowest BCUT2D eigenvalue weighted by atomic mass is 10.3. The number of aromatic nitrogens is 2. The molecule has 8 nitrogen and oxygen atoms in total. The van der Waals surface area contributed by atoms with Crippen LogP contribution in [0.1, 0.15) is 5.56 Å². The molecule has 108 valence electrons. The van der Waals surface area contributed by atoms with E-state index in [1.807, 2.05) is 11.0 Å². The summed E-state index contributed by atoms with van der Waals surface area (Å²) in [6.07, 6.45) is 1.38. The van der Waals surface area contributed by atoms with Crippen molar-refractivity contribution in [3.05, 3.63) is 11.8 Å². The standard InChI is InChI=1S/C12H17N5O3/c13-7-10-8-14-17(1-4-18)12(10)15-11(19)9-16-2-5-20-6-3-16/h8,18H,1-6,9H2,(H,15,19). The molecule has 2 N–H and O–H groups in total. The van der Waals surface area contributed by atoms with E-state index in [4.69, 9.17) is 15.1 Å². The van der Waals surface area contributed by atoms with Crippen LogP contribution < -0.4 is 5.32 Å².